The summed E-state index contributed by atoms with van der Waals surface area (Å²) in [5, 5.41) is 17.7. The van der Waals surface area contributed by atoms with Crippen LogP contribution in [-0.4, -0.2) is 10.2 Å². The predicted molar refractivity (Wildman–Crippen MR) is 37.7 cm³/mol. The summed E-state index contributed by atoms with van der Waals surface area (Å²) in [4.78, 5) is 0. The summed E-state index contributed by atoms with van der Waals surface area (Å²) in [5.41, 5.74) is 0.470. The average Bonchev–Trinajstić information content (AvgIpc) is 1.85. The van der Waals surface area contributed by atoms with Gasteiger partial charge < -0.3 is 10.2 Å². The molecule has 0 bridgehead atoms. The van der Waals surface area contributed by atoms with Crippen LogP contribution in [0.3, 0.4) is 0 Å². The van der Waals surface area contributed by atoms with Crippen LogP contribution in [0.4, 0.5) is 0 Å². The van der Waals surface area contributed by atoms with Gasteiger partial charge in [0.05, 0.1) is 0 Å². The number of rotatable bonds is 0. The van der Waals surface area contributed by atoms with Gasteiger partial charge >= 0.3 is 0 Å². The van der Waals surface area contributed by atoms with Crippen LogP contribution in [0.15, 0.2) is 18.2 Å². The standard InChI is InChI=1S/C8H6O2/c1-2-6-3-7(9)5-8(10)4-6/h1,3-5,9-10H. The second-order valence-corrected chi connectivity index (χ2v) is 1.88. The van der Waals surface area contributed by atoms with Crippen molar-refractivity contribution in [3.05, 3.63) is 23.8 Å². The summed E-state index contributed by atoms with van der Waals surface area (Å²) in [6, 6.07) is 4.03. The van der Waals surface area contributed by atoms with E-state index >= 15 is 0 Å². The Morgan fingerprint density at radius 2 is 1.60 bits per heavy atom. The first-order valence-electron chi connectivity index (χ1n) is 2.72. The number of hydrogen-bond donors (Lipinski definition) is 2. The number of phenolic OH excluding ortho intramolecular Hbond substituents is 2. The largest absolute Gasteiger partial charge is 0.508 e. The minimum Gasteiger partial charge on any atom is -0.508 e. The second kappa shape index (κ2) is 2.32. The molecule has 0 atom stereocenters. The van der Waals surface area contributed by atoms with Gasteiger partial charge in [-0.2, -0.15) is 0 Å². The topological polar surface area (TPSA) is 40.5 Å². The van der Waals surface area contributed by atoms with E-state index in [1.807, 2.05) is 0 Å². The average molecular weight is 134 g/mol. The molecular weight excluding hydrogens is 128 g/mol. The molecule has 0 heterocycles. The van der Waals surface area contributed by atoms with Gasteiger partial charge in [0.25, 0.3) is 0 Å². The molecule has 0 aliphatic heterocycles. The fraction of sp³-hybridized carbons (Fsp3) is 0. The number of benzene rings is 1. The van der Waals surface area contributed by atoms with Gasteiger partial charge in [-0.3, -0.25) is 0 Å². The van der Waals surface area contributed by atoms with Gasteiger partial charge in [-0.05, 0) is 12.1 Å². The van der Waals surface area contributed by atoms with Crippen molar-refractivity contribution >= 4 is 0 Å². The summed E-state index contributed by atoms with van der Waals surface area (Å²) < 4.78 is 0. The Kier molecular flexibility index (Phi) is 1.51. The minimum atomic E-state index is -0.0204. The van der Waals surface area contributed by atoms with Crippen LogP contribution in [0, 0.1) is 12.3 Å². The fourth-order valence-corrected chi connectivity index (χ4v) is 0.678. The van der Waals surface area contributed by atoms with Crippen LogP contribution in [0.2, 0.25) is 0 Å². The normalized spacial score (nSPS) is 8.70. The first-order chi connectivity index (χ1) is 4.72. The lowest BCUT2D eigenvalue weighted by molar-refractivity contribution is 0.450. The maximum absolute atomic E-state index is 8.87. The highest BCUT2D eigenvalue weighted by Crippen LogP contribution is 2.19. The lowest BCUT2D eigenvalue weighted by Crippen LogP contribution is -1.72. The maximum atomic E-state index is 8.87. The molecule has 2 heteroatoms. The predicted octanol–water partition coefficient (Wildman–Crippen LogP) is 1.08. The van der Waals surface area contributed by atoms with Crippen LogP contribution in [-0.2, 0) is 0 Å². The molecule has 0 saturated heterocycles. The highest BCUT2D eigenvalue weighted by molar-refractivity contribution is 5.43. The molecule has 0 saturated carbocycles. The highest BCUT2D eigenvalue weighted by atomic mass is 16.3. The quantitative estimate of drug-likeness (QED) is 0.521. The lowest BCUT2D eigenvalue weighted by atomic mass is 10.2. The third-order valence-electron chi connectivity index (χ3n) is 1.07. The first kappa shape index (κ1) is 6.50. The molecule has 2 nitrogen and oxygen atoms in total. The number of terminal acetylenes is 1. The monoisotopic (exact) mass is 134 g/mol. The van der Waals surface area contributed by atoms with Crippen LogP contribution < -0.4 is 0 Å². The Morgan fingerprint density at radius 1 is 1.10 bits per heavy atom. The van der Waals surface area contributed by atoms with Crippen molar-refractivity contribution in [3.63, 3.8) is 0 Å². The number of phenols is 2. The van der Waals surface area contributed by atoms with Gasteiger partial charge in [0.15, 0.2) is 0 Å². The van der Waals surface area contributed by atoms with E-state index in [9.17, 15) is 0 Å². The van der Waals surface area contributed by atoms with E-state index in [0.717, 1.165) is 0 Å². The molecule has 0 fully saturated rings. The Bertz CT molecular complexity index is 264. The Morgan fingerprint density at radius 3 is 2.00 bits per heavy atom. The summed E-state index contributed by atoms with van der Waals surface area (Å²) in [6.07, 6.45) is 5.02. The maximum Gasteiger partial charge on any atom is 0.120 e. The third-order valence-corrected chi connectivity index (χ3v) is 1.07. The minimum absolute atomic E-state index is 0.0204. The molecule has 2 N–H and O–H groups in total. The lowest BCUT2D eigenvalue weighted by Gasteiger charge is -1.94. The molecule has 0 aliphatic rings. The van der Waals surface area contributed by atoms with Gasteiger partial charge in [-0.25, -0.2) is 0 Å². The van der Waals surface area contributed by atoms with Crippen molar-refractivity contribution in [1.29, 1.82) is 0 Å². The zero-order valence-corrected chi connectivity index (χ0v) is 5.20. The van der Waals surface area contributed by atoms with E-state index in [-0.39, 0.29) is 11.5 Å². The summed E-state index contributed by atoms with van der Waals surface area (Å²) in [5.74, 6) is 2.25. The number of hydrogen-bond acceptors (Lipinski definition) is 2. The van der Waals surface area contributed by atoms with E-state index in [0.29, 0.717) is 5.56 Å². The van der Waals surface area contributed by atoms with Crippen molar-refractivity contribution in [1.82, 2.24) is 0 Å². The molecule has 0 radical (unpaired) electrons. The van der Waals surface area contributed by atoms with Crippen molar-refractivity contribution < 1.29 is 10.2 Å². The van der Waals surface area contributed by atoms with Crippen molar-refractivity contribution in [3.8, 4) is 23.8 Å². The third kappa shape index (κ3) is 1.20. The summed E-state index contributed by atoms with van der Waals surface area (Å²) >= 11 is 0. The SMILES string of the molecule is C#Cc1cc(O)cc(O)c1. The van der Waals surface area contributed by atoms with Gasteiger partial charge in [0.2, 0.25) is 0 Å². The van der Waals surface area contributed by atoms with E-state index in [2.05, 4.69) is 5.92 Å². The van der Waals surface area contributed by atoms with Crippen LogP contribution in [0.5, 0.6) is 11.5 Å². The van der Waals surface area contributed by atoms with E-state index < -0.39 is 0 Å². The molecule has 0 spiro atoms. The zero-order valence-electron chi connectivity index (χ0n) is 5.20. The summed E-state index contributed by atoms with van der Waals surface area (Å²) in [7, 11) is 0. The molecule has 0 amide bonds. The van der Waals surface area contributed by atoms with Crippen molar-refractivity contribution in [2.75, 3.05) is 0 Å². The van der Waals surface area contributed by atoms with Crippen LogP contribution in [0.25, 0.3) is 0 Å². The zero-order chi connectivity index (χ0) is 7.56. The highest BCUT2D eigenvalue weighted by Gasteiger charge is 1.94. The smallest absolute Gasteiger partial charge is 0.120 e. The van der Waals surface area contributed by atoms with E-state index in [4.69, 9.17) is 16.6 Å². The Balaban J connectivity index is 3.22. The molecule has 10 heavy (non-hydrogen) atoms. The van der Waals surface area contributed by atoms with Crippen molar-refractivity contribution in [2.45, 2.75) is 0 Å². The molecule has 1 rings (SSSR count). The Hall–Kier alpha value is -1.62. The van der Waals surface area contributed by atoms with E-state index in [1.165, 1.54) is 18.2 Å². The van der Waals surface area contributed by atoms with Crippen LogP contribution >= 0.6 is 0 Å². The van der Waals surface area contributed by atoms with Gasteiger partial charge in [0.1, 0.15) is 11.5 Å². The molecule has 50 valence electrons. The van der Waals surface area contributed by atoms with Crippen molar-refractivity contribution in [2.24, 2.45) is 0 Å². The second-order valence-electron chi connectivity index (χ2n) is 1.88. The first-order valence-corrected chi connectivity index (χ1v) is 2.72. The fourth-order valence-electron chi connectivity index (χ4n) is 0.678. The van der Waals surface area contributed by atoms with Crippen LogP contribution in [0.1, 0.15) is 5.56 Å². The molecule has 0 aliphatic carbocycles. The van der Waals surface area contributed by atoms with Gasteiger partial charge in [-0.1, -0.05) is 5.92 Å². The summed E-state index contributed by atoms with van der Waals surface area (Å²) in [6.45, 7) is 0. The van der Waals surface area contributed by atoms with Gasteiger partial charge in [-0.15, -0.1) is 6.42 Å². The molecule has 1 aromatic rings. The molecule has 0 unspecified atom stereocenters. The molecule has 1 aromatic carbocycles. The molecule has 0 aromatic heterocycles. The molecular formula is C8H6O2. The Labute approximate surface area is 58.7 Å². The van der Waals surface area contributed by atoms with Gasteiger partial charge in [0, 0.05) is 11.6 Å². The van der Waals surface area contributed by atoms with E-state index in [1.54, 1.807) is 0 Å². The number of aromatic hydroxyl groups is 2.